The first kappa shape index (κ1) is 20.2. The monoisotopic (exact) mass is 300 g/mol. The molecule has 2 rings (SSSR count). The Bertz CT molecular complexity index is 518. The van der Waals surface area contributed by atoms with Gasteiger partial charge in [0.05, 0.1) is 11.3 Å². The summed E-state index contributed by atoms with van der Waals surface area (Å²) in [5.74, 6) is 0. The van der Waals surface area contributed by atoms with E-state index in [4.69, 9.17) is 0 Å². The number of nitrogens with one attached hydrogen (secondary N) is 1. The molecule has 1 aromatic carbocycles. The van der Waals surface area contributed by atoms with E-state index < -0.39 is 11.7 Å². The van der Waals surface area contributed by atoms with Gasteiger partial charge in [0.15, 0.2) is 0 Å². The van der Waals surface area contributed by atoms with Crippen LogP contribution in [0.5, 0.6) is 0 Å². The third kappa shape index (κ3) is 6.65. The molecule has 0 unspecified atom stereocenters. The number of halogens is 3. The molecule has 104 valence electrons. The summed E-state index contributed by atoms with van der Waals surface area (Å²) in [6.07, 6.45) is -3.47. The fourth-order valence-corrected chi connectivity index (χ4v) is 1.63. The smallest absolute Gasteiger partial charge is 1.00 e. The van der Waals surface area contributed by atoms with Crippen LogP contribution in [0.1, 0.15) is 16.8 Å². The SMILES string of the molecule is FC(F)(F)c1ccc(CNCc2ccccc2)nc1.[B-].[Na+]. The minimum atomic E-state index is -4.33. The van der Waals surface area contributed by atoms with Gasteiger partial charge in [-0.1, -0.05) is 30.3 Å². The summed E-state index contributed by atoms with van der Waals surface area (Å²) in [4.78, 5) is 3.79. The molecule has 0 fully saturated rings. The van der Waals surface area contributed by atoms with Crippen molar-refractivity contribution in [1.82, 2.24) is 10.3 Å². The maximum absolute atomic E-state index is 12.3. The molecule has 0 spiro atoms. The van der Waals surface area contributed by atoms with E-state index in [9.17, 15) is 13.2 Å². The zero-order chi connectivity index (χ0) is 13.7. The molecule has 1 aromatic heterocycles. The first-order valence-corrected chi connectivity index (χ1v) is 5.82. The van der Waals surface area contributed by atoms with Crippen molar-refractivity contribution in [3.05, 3.63) is 65.5 Å². The van der Waals surface area contributed by atoms with Crippen molar-refractivity contribution in [3.8, 4) is 0 Å². The molecule has 0 bridgehead atoms. The second-order valence-electron chi connectivity index (χ2n) is 4.13. The zero-order valence-electron chi connectivity index (χ0n) is 11.7. The second kappa shape index (κ2) is 9.25. The zero-order valence-corrected chi connectivity index (χ0v) is 13.7. The largest absolute Gasteiger partial charge is 1.00 e. The Morgan fingerprint density at radius 2 is 1.62 bits per heavy atom. The Balaban J connectivity index is 0.00000200. The van der Waals surface area contributed by atoms with Crippen molar-refractivity contribution in [1.29, 1.82) is 0 Å². The molecule has 7 heteroatoms. The van der Waals surface area contributed by atoms with Gasteiger partial charge in [0.2, 0.25) is 0 Å². The van der Waals surface area contributed by atoms with Crippen molar-refractivity contribution in [2.75, 3.05) is 0 Å². The fourth-order valence-electron chi connectivity index (χ4n) is 1.63. The van der Waals surface area contributed by atoms with E-state index in [2.05, 4.69) is 10.3 Å². The standard InChI is InChI=1S/C14H13F3N2.B.Na/c15-14(16,17)12-6-7-13(19-9-12)10-18-8-11-4-2-1-3-5-11;;/h1-7,9,18H,8,10H2;;/q;-1;+1. The molecule has 1 N–H and O–H groups in total. The summed E-state index contributed by atoms with van der Waals surface area (Å²) in [6.45, 7) is 1.09. The maximum Gasteiger partial charge on any atom is 1.00 e. The molecule has 1 heterocycles. The number of pyridine rings is 1. The van der Waals surface area contributed by atoms with E-state index >= 15 is 0 Å². The van der Waals surface area contributed by atoms with Crippen molar-refractivity contribution < 1.29 is 42.7 Å². The van der Waals surface area contributed by atoms with Gasteiger partial charge < -0.3 is 13.7 Å². The number of hydrogen-bond acceptors (Lipinski definition) is 2. The Labute approximate surface area is 146 Å². The Kier molecular flexibility index (Phi) is 8.89. The summed E-state index contributed by atoms with van der Waals surface area (Å²) in [5.41, 5.74) is 0.984. The molecule has 0 saturated heterocycles. The van der Waals surface area contributed by atoms with Crippen molar-refractivity contribution in [3.63, 3.8) is 0 Å². The van der Waals surface area contributed by atoms with E-state index in [0.29, 0.717) is 18.8 Å². The fraction of sp³-hybridized carbons (Fsp3) is 0.214. The topological polar surface area (TPSA) is 24.9 Å². The number of hydrogen-bond donors (Lipinski definition) is 1. The molecule has 2 aromatic rings. The van der Waals surface area contributed by atoms with Crippen LogP contribution in [-0.4, -0.2) is 13.4 Å². The summed E-state index contributed by atoms with van der Waals surface area (Å²) in [6, 6.07) is 12.2. The van der Waals surface area contributed by atoms with Gasteiger partial charge in [-0.2, -0.15) is 13.2 Å². The van der Waals surface area contributed by atoms with Crippen LogP contribution in [0.3, 0.4) is 0 Å². The van der Waals surface area contributed by atoms with E-state index in [1.54, 1.807) is 0 Å². The van der Waals surface area contributed by atoms with E-state index in [1.165, 1.54) is 6.07 Å². The number of benzene rings is 1. The van der Waals surface area contributed by atoms with E-state index in [0.717, 1.165) is 17.8 Å². The minimum Gasteiger partial charge on any atom is -1.00 e. The molecule has 0 saturated carbocycles. The van der Waals surface area contributed by atoms with Crippen LogP contribution < -0.4 is 34.9 Å². The number of nitrogens with zero attached hydrogens (tertiary/aromatic N) is 1. The number of aromatic nitrogens is 1. The van der Waals surface area contributed by atoms with Gasteiger partial charge in [0.25, 0.3) is 0 Å². The molecule has 0 aliphatic heterocycles. The van der Waals surface area contributed by atoms with Gasteiger partial charge in [-0.05, 0) is 17.7 Å². The average Bonchev–Trinajstić information content (AvgIpc) is 2.39. The van der Waals surface area contributed by atoms with Crippen LogP contribution in [0.2, 0.25) is 0 Å². The van der Waals surface area contributed by atoms with E-state index in [1.807, 2.05) is 30.3 Å². The summed E-state index contributed by atoms with van der Waals surface area (Å²) in [7, 11) is 0. The first-order chi connectivity index (χ1) is 9.05. The summed E-state index contributed by atoms with van der Waals surface area (Å²) in [5, 5.41) is 3.13. The van der Waals surface area contributed by atoms with Gasteiger partial charge in [0.1, 0.15) is 0 Å². The molecular weight excluding hydrogens is 287 g/mol. The predicted octanol–water partition coefficient (Wildman–Crippen LogP) is 0.0134. The van der Waals surface area contributed by atoms with Crippen LogP contribution in [0.4, 0.5) is 13.2 Å². The maximum atomic E-state index is 12.3. The quantitative estimate of drug-likeness (QED) is 0.805. The number of rotatable bonds is 4. The molecular formula is C14H13BF3N2Na. The molecule has 0 amide bonds. The van der Waals surface area contributed by atoms with Crippen molar-refractivity contribution in [2.24, 2.45) is 0 Å². The molecule has 0 aliphatic rings. The second-order valence-corrected chi connectivity index (χ2v) is 4.13. The third-order valence-corrected chi connectivity index (χ3v) is 2.63. The average molecular weight is 300 g/mol. The first-order valence-electron chi connectivity index (χ1n) is 5.82. The number of alkyl halides is 3. The summed E-state index contributed by atoms with van der Waals surface area (Å²) >= 11 is 0. The molecule has 4 radical (unpaired) electrons. The summed E-state index contributed by atoms with van der Waals surface area (Å²) < 4.78 is 37.0. The van der Waals surface area contributed by atoms with Crippen LogP contribution in [0.15, 0.2) is 48.7 Å². The minimum absolute atomic E-state index is 0. The van der Waals surface area contributed by atoms with E-state index in [-0.39, 0.29) is 38.0 Å². The predicted molar refractivity (Wildman–Crippen MR) is 72.0 cm³/mol. The molecule has 0 atom stereocenters. The Hall–Kier alpha value is -0.815. The van der Waals surface area contributed by atoms with Gasteiger partial charge in [-0.15, -0.1) is 0 Å². The van der Waals surface area contributed by atoms with Crippen LogP contribution in [0, 0.1) is 0 Å². The Morgan fingerprint density at radius 3 is 2.14 bits per heavy atom. The normalized spacial score (nSPS) is 10.4. The van der Waals surface area contributed by atoms with Crippen LogP contribution in [-0.2, 0) is 19.3 Å². The van der Waals surface area contributed by atoms with Gasteiger partial charge >= 0.3 is 35.7 Å². The molecule has 2 nitrogen and oxygen atoms in total. The molecule has 0 aliphatic carbocycles. The van der Waals surface area contributed by atoms with Gasteiger partial charge in [-0.3, -0.25) is 4.98 Å². The Morgan fingerprint density at radius 1 is 0.952 bits per heavy atom. The van der Waals surface area contributed by atoms with Crippen LogP contribution >= 0.6 is 0 Å². The third-order valence-electron chi connectivity index (χ3n) is 2.63. The van der Waals surface area contributed by atoms with Crippen molar-refractivity contribution >= 4 is 8.41 Å². The molecule has 21 heavy (non-hydrogen) atoms. The van der Waals surface area contributed by atoms with Crippen LogP contribution in [0.25, 0.3) is 0 Å². The van der Waals surface area contributed by atoms with Gasteiger partial charge in [-0.25, -0.2) is 0 Å². The van der Waals surface area contributed by atoms with Gasteiger partial charge in [0, 0.05) is 19.3 Å². The van der Waals surface area contributed by atoms with Crippen molar-refractivity contribution in [2.45, 2.75) is 19.3 Å².